The Bertz CT molecular complexity index is 313. The van der Waals surface area contributed by atoms with E-state index in [2.05, 4.69) is 6.58 Å². The molecule has 1 unspecified atom stereocenters. The molecule has 14 heavy (non-hydrogen) atoms. The molecule has 0 aliphatic carbocycles. The standard InChI is InChI=1S/C10H12O4/c1-3-14-10(12)7(2)9(11)8-4-5-13-6-8/h4-6,9,11H,2-3H2,1H3. The maximum Gasteiger partial charge on any atom is 0.336 e. The summed E-state index contributed by atoms with van der Waals surface area (Å²) >= 11 is 0. The molecule has 1 aromatic heterocycles. The zero-order valence-corrected chi connectivity index (χ0v) is 7.90. The highest BCUT2D eigenvalue weighted by Crippen LogP contribution is 2.21. The van der Waals surface area contributed by atoms with Gasteiger partial charge in [0.25, 0.3) is 0 Å². The molecule has 0 spiro atoms. The third-order valence-electron chi connectivity index (χ3n) is 1.73. The Labute approximate surface area is 81.8 Å². The van der Waals surface area contributed by atoms with E-state index in [0.29, 0.717) is 5.56 Å². The normalized spacial score (nSPS) is 12.1. The molecule has 0 bridgehead atoms. The summed E-state index contributed by atoms with van der Waals surface area (Å²) in [4.78, 5) is 11.2. The van der Waals surface area contributed by atoms with E-state index < -0.39 is 12.1 Å². The van der Waals surface area contributed by atoms with Crippen LogP contribution in [0.25, 0.3) is 0 Å². The van der Waals surface area contributed by atoms with E-state index in [1.54, 1.807) is 13.0 Å². The summed E-state index contributed by atoms with van der Waals surface area (Å²) in [5, 5.41) is 9.61. The van der Waals surface area contributed by atoms with E-state index in [0.717, 1.165) is 0 Å². The molecular formula is C10H12O4. The lowest BCUT2D eigenvalue weighted by molar-refractivity contribution is -0.139. The van der Waals surface area contributed by atoms with Crippen LogP contribution in [0.2, 0.25) is 0 Å². The van der Waals surface area contributed by atoms with Crippen molar-refractivity contribution in [1.29, 1.82) is 0 Å². The molecule has 4 nitrogen and oxygen atoms in total. The number of hydrogen-bond acceptors (Lipinski definition) is 4. The van der Waals surface area contributed by atoms with Crippen LogP contribution in [-0.2, 0) is 9.53 Å². The number of ether oxygens (including phenoxy) is 1. The van der Waals surface area contributed by atoms with Gasteiger partial charge in [-0.3, -0.25) is 0 Å². The van der Waals surface area contributed by atoms with Crippen LogP contribution in [0.3, 0.4) is 0 Å². The first-order valence-corrected chi connectivity index (χ1v) is 4.23. The molecule has 1 heterocycles. The third kappa shape index (κ3) is 2.23. The minimum Gasteiger partial charge on any atom is -0.472 e. The lowest BCUT2D eigenvalue weighted by Gasteiger charge is -2.10. The number of rotatable bonds is 4. The lowest BCUT2D eigenvalue weighted by atomic mass is 10.1. The number of furan rings is 1. The second-order valence-corrected chi connectivity index (χ2v) is 2.70. The van der Waals surface area contributed by atoms with Crippen molar-refractivity contribution in [2.45, 2.75) is 13.0 Å². The maximum atomic E-state index is 11.2. The summed E-state index contributed by atoms with van der Waals surface area (Å²) in [6.45, 7) is 5.41. The maximum absolute atomic E-state index is 11.2. The highest BCUT2D eigenvalue weighted by molar-refractivity contribution is 5.89. The molecule has 76 valence electrons. The Kier molecular flexibility index (Phi) is 3.48. The third-order valence-corrected chi connectivity index (χ3v) is 1.73. The van der Waals surface area contributed by atoms with Crippen molar-refractivity contribution in [2.75, 3.05) is 6.61 Å². The summed E-state index contributed by atoms with van der Waals surface area (Å²) in [5.74, 6) is -0.596. The van der Waals surface area contributed by atoms with Crippen molar-refractivity contribution in [2.24, 2.45) is 0 Å². The zero-order valence-electron chi connectivity index (χ0n) is 7.90. The highest BCUT2D eigenvalue weighted by atomic mass is 16.5. The molecule has 4 heteroatoms. The van der Waals surface area contributed by atoms with Gasteiger partial charge in [-0.15, -0.1) is 0 Å². The van der Waals surface area contributed by atoms with Crippen LogP contribution in [0.15, 0.2) is 35.2 Å². The first kappa shape index (κ1) is 10.5. The van der Waals surface area contributed by atoms with E-state index in [4.69, 9.17) is 9.15 Å². The van der Waals surface area contributed by atoms with Crippen LogP contribution in [0.4, 0.5) is 0 Å². The van der Waals surface area contributed by atoms with Crippen LogP contribution >= 0.6 is 0 Å². The average molecular weight is 196 g/mol. The fraction of sp³-hybridized carbons (Fsp3) is 0.300. The van der Waals surface area contributed by atoms with Gasteiger partial charge in [-0.05, 0) is 13.0 Å². The molecule has 1 rings (SSSR count). The minimum absolute atomic E-state index is 0.00764. The fourth-order valence-corrected chi connectivity index (χ4v) is 0.967. The second-order valence-electron chi connectivity index (χ2n) is 2.70. The average Bonchev–Trinajstić information content (AvgIpc) is 2.68. The molecular weight excluding hydrogens is 184 g/mol. The predicted octanol–water partition coefficient (Wildman–Crippen LogP) is 1.43. The van der Waals surface area contributed by atoms with Crippen molar-refractivity contribution in [3.05, 3.63) is 36.3 Å². The number of aliphatic hydroxyl groups is 1. The number of hydrogen-bond donors (Lipinski definition) is 1. The van der Waals surface area contributed by atoms with Crippen LogP contribution in [0, 0.1) is 0 Å². The molecule has 1 N–H and O–H groups in total. The Balaban J connectivity index is 2.66. The molecule has 0 saturated carbocycles. The summed E-state index contributed by atoms with van der Waals surface area (Å²) in [6.07, 6.45) is 1.71. The molecule has 0 fully saturated rings. The number of carbonyl (C=O) groups is 1. The zero-order chi connectivity index (χ0) is 10.6. The Hall–Kier alpha value is -1.55. The number of esters is 1. The van der Waals surface area contributed by atoms with E-state index in [1.165, 1.54) is 12.5 Å². The molecule has 0 radical (unpaired) electrons. The van der Waals surface area contributed by atoms with Gasteiger partial charge in [0, 0.05) is 5.56 Å². The van der Waals surface area contributed by atoms with E-state index in [9.17, 15) is 9.90 Å². The van der Waals surface area contributed by atoms with Crippen molar-refractivity contribution in [3.63, 3.8) is 0 Å². The first-order chi connectivity index (χ1) is 6.66. The van der Waals surface area contributed by atoms with Gasteiger partial charge in [0.2, 0.25) is 0 Å². The summed E-state index contributed by atoms with van der Waals surface area (Å²) in [5.41, 5.74) is 0.497. The largest absolute Gasteiger partial charge is 0.472 e. The van der Waals surface area contributed by atoms with Crippen molar-refractivity contribution >= 4 is 5.97 Å². The number of carbonyl (C=O) groups excluding carboxylic acids is 1. The van der Waals surface area contributed by atoms with Crippen molar-refractivity contribution in [1.82, 2.24) is 0 Å². The Morgan fingerprint density at radius 3 is 3.00 bits per heavy atom. The molecule has 0 aliphatic rings. The summed E-state index contributed by atoms with van der Waals surface area (Å²) in [6, 6.07) is 1.56. The summed E-state index contributed by atoms with van der Waals surface area (Å²) in [7, 11) is 0. The van der Waals surface area contributed by atoms with Gasteiger partial charge in [-0.25, -0.2) is 4.79 Å². The highest BCUT2D eigenvalue weighted by Gasteiger charge is 2.19. The van der Waals surface area contributed by atoms with E-state index in [1.807, 2.05) is 0 Å². The van der Waals surface area contributed by atoms with Gasteiger partial charge >= 0.3 is 5.97 Å². The molecule has 1 aromatic rings. The smallest absolute Gasteiger partial charge is 0.336 e. The minimum atomic E-state index is -1.06. The molecule has 1 atom stereocenters. The van der Waals surface area contributed by atoms with Gasteiger partial charge in [0.15, 0.2) is 0 Å². The SMILES string of the molecule is C=C(C(=O)OCC)C(O)c1ccoc1. The van der Waals surface area contributed by atoms with E-state index in [-0.39, 0.29) is 12.2 Å². The van der Waals surface area contributed by atoms with Crippen LogP contribution in [0.5, 0.6) is 0 Å². The topological polar surface area (TPSA) is 59.7 Å². The Morgan fingerprint density at radius 1 is 1.79 bits per heavy atom. The Morgan fingerprint density at radius 2 is 2.50 bits per heavy atom. The van der Waals surface area contributed by atoms with Gasteiger partial charge in [0.05, 0.1) is 24.7 Å². The van der Waals surface area contributed by atoms with Crippen molar-refractivity contribution < 1.29 is 19.1 Å². The fourth-order valence-electron chi connectivity index (χ4n) is 0.967. The molecule has 0 saturated heterocycles. The first-order valence-electron chi connectivity index (χ1n) is 4.23. The second kappa shape index (κ2) is 4.62. The van der Waals surface area contributed by atoms with Crippen LogP contribution in [0.1, 0.15) is 18.6 Å². The molecule has 0 aromatic carbocycles. The summed E-state index contributed by atoms with van der Waals surface area (Å²) < 4.78 is 9.47. The quantitative estimate of drug-likeness (QED) is 0.584. The van der Waals surface area contributed by atoms with Gasteiger partial charge < -0.3 is 14.3 Å². The van der Waals surface area contributed by atoms with Gasteiger partial charge in [-0.1, -0.05) is 6.58 Å². The molecule has 0 aliphatic heterocycles. The van der Waals surface area contributed by atoms with Gasteiger partial charge in [-0.2, -0.15) is 0 Å². The predicted molar refractivity (Wildman–Crippen MR) is 49.4 cm³/mol. The number of aliphatic hydroxyl groups excluding tert-OH is 1. The monoisotopic (exact) mass is 196 g/mol. The molecule has 0 amide bonds. The van der Waals surface area contributed by atoms with Crippen LogP contribution < -0.4 is 0 Å². The van der Waals surface area contributed by atoms with Crippen molar-refractivity contribution in [3.8, 4) is 0 Å². The van der Waals surface area contributed by atoms with Gasteiger partial charge in [0.1, 0.15) is 6.10 Å². The van der Waals surface area contributed by atoms with E-state index >= 15 is 0 Å². The lowest BCUT2D eigenvalue weighted by Crippen LogP contribution is -2.13. The van der Waals surface area contributed by atoms with Crippen LogP contribution in [-0.4, -0.2) is 17.7 Å².